The molecule has 0 aliphatic rings. The number of aromatic nitrogens is 4. The number of ether oxygens (including phenoxy) is 1. The lowest BCUT2D eigenvalue weighted by Crippen LogP contribution is -2.37. The Morgan fingerprint density at radius 3 is 2.53 bits per heavy atom. The SMILES string of the molecule is Cn1c(=O)c2c(ncn2CCOC(=O)c2ccccc2Nc2ccc(F)cc2)n(C)c1=O. The molecule has 0 spiro atoms. The molecule has 0 aliphatic heterocycles. The number of nitrogens with zero attached hydrogens (tertiary/aromatic N) is 4. The molecule has 0 unspecified atom stereocenters. The topological polar surface area (TPSA) is 100 Å². The number of fused-ring (bicyclic) bond motifs is 1. The van der Waals surface area contributed by atoms with Crippen LogP contribution in [0.5, 0.6) is 0 Å². The molecule has 4 aromatic rings. The lowest BCUT2D eigenvalue weighted by Gasteiger charge is -2.12. The lowest BCUT2D eigenvalue weighted by atomic mass is 10.1. The molecule has 0 amide bonds. The van der Waals surface area contributed by atoms with Crippen LogP contribution in [0.3, 0.4) is 0 Å². The third kappa shape index (κ3) is 3.89. The minimum Gasteiger partial charge on any atom is -0.460 e. The number of carbonyl (C=O) groups is 1. The Hall–Kier alpha value is -4.21. The van der Waals surface area contributed by atoms with E-state index in [1.165, 1.54) is 37.1 Å². The normalized spacial score (nSPS) is 11.0. The first kappa shape index (κ1) is 21.0. The summed E-state index contributed by atoms with van der Waals surface area (Å²) in [5, 5.41) is 3.07. The quantitative estimate of drug-likeness (QED) is 0.464. The second-order valence-electron chi connectivity index (χ2n) is 7.13. The summed E-state index contributed by atoms with van der Waals surface area (Å²) in [6.45, 7) is 0.171. The van der Waals surface area contributed by atoms with Gasteiger partial charge in [-0.1, -0.05) is 12.1 Å². The fourth-order valence-electron chi connectivity index (χ4n) is 3.34. The zero-order valence-electron chi connectivity index (χ0n) is 17.4. The molecule has 32 heavy (non-hydrogen) atoms. The van der Waals surface area contributed by atoms with E-state index in [1.54, 1.807) is 41.0 Å². The van der Waals surface area contributed by atoms with Crippen molar-refractivity contribution in [3.05, 3.63) is 87.1 Å². The summed E-state index contributed by atoms with van der Waals surface area (Å²) >= 11 is 0. The number of hydrogen-bond donors (Lipinski definition) is 1. The molecule has 10 heteroatoms. The minimum atomic E-state index is -0.556. The van der Waals surface area contributed by atoms with E-state index >= 15 is 0 Å². The standard InChI is InChI=1S/C22H20FN5O4/c1-26-19-18(20(29)27(2)22(26)31)28(13-24-19)11-12-32-21(30)16-5-3-4-6-17(16)25-15-9-7-14(23)8-10-15/h3-10,13,25H,11-12H2,1-2H3. The smallest absolute Gasteiger partial charge is 0.340 e. The number of imidazole rings is 1. The van der Waals surface area contributed by atoms with E-state index in [1.807, 2.05) is 0 Å². The van der Waals surface area contributed by atoms with Crippen molar-refractivity contribution in [3.8, 4) is 0 Å². The molecule has 0 fully saturated rings. The Labute approximate surface area is 181 Å². The van der Waals surface area contributed by atoms with Gasteiger partial charge in [0, 0.05) is 19.8 Å². The lowest BCUT2D eigenvalue weighted by molar-refractivity contribution is 0.0493. The molecule has 0 saturated carbocycles. The van der Waals surface area contributed by atoms with Crippen LogP contribution in [0, 0.1) is 5.82 Å². The zero-order chi connectivity index (χ0) is 22.8. The highest BCUT2D eigenvalue weighted by Gasteiger charge is 2.16. The largest absolute Gasteiger partial charge is 0.460 e. The maximum absolute atomic E-state index is 13.1. The number of halogens is 1. The average Bonchev–Trinajstić information content (AvgIpc) is 3.22. The molecule has 0 aliphatic carbocycles. The van der Waals surface area contributed by atoms with Crippen LogP contribution in [0.1, 0.15) is 10.4 Å². The predicted molar refractivity (Wildman–Crippen MR) is 117 cm³/mol. The summed E-state index contributed by atoms with van der Waals surface area (Å²) in [4.78, 5) is 41.3. The van der Waals surface area contributed by atoms with Crippen molar-refractivity contribution in [2.45, 2.75) is 6.54 Å². The molecule has 0 saturated heterocycles. The summed E-state index contributed by atoms with van der Waals surface area (Å²) < 4.78 is 22.4. The molecule has 0 radical (unpaired) electrons. The average molecular weight is 437 g/mol. The molecule has 9 nitrogen and oxygen atoms in total. The van der Waals surface area contributed by atoms with Gasteiger partial charge in [-0.2, -0.15) is 0 Å². The molecule has 0 bridgehead atoms. The monoisotopic (exact) mass is 437 g/mol. The molecular weight excluding hydrogens is 417 g/mol. The Morgan fingerprint density at radius 1 is 1.06 bits per heavy atom. The molecule has 1 N–H and O–H groups in total. The van der Waals surface area contributed by atoms with Gasteiger partial charge in [0.15, 0.2) is 11.2 Å². The van der Waals surface area contributed by atoms with Gasteiger partial charge in [0.2, 0.25) is 0 Å². The molecule has 2 heterocycles. The van der Waals surface area contributed by atoms with Crippen LogP contribution < -0.4 is 16.6 Å². The summed E-state index contributed by atoms with van der Waals surface area (Å²) in [7, 11) is 2.93. The van der Waals surface area contributed by atoms with Gasteiger partial charge in [0.1, 0.15) is 12.4 Å². The van der Waals surface area contributed by atoms with Crippen molar-refractivity contribution < 1.29 is 13.9 Å². The van der Waals surface area contributed by atoms with Crippen molar-refractivity contribution >= 4 is 28.5 Å². The minimum absolute atomic E-state index is 0.0127. The van der Waals surface area contributed by atoms with Gasteiger partial charge >= 0.3 is 11.7 Å². The summed E-state index contributed by atoms with van der Waals surface area (Å²) in [6.07, 6.45) is 1.43. The van der Waals surface area contributed by atoms with Crippen molar-refractivity contribution in [1.29, 1.82) is 0 Å². The number of esters is 1. The zero-order valence-corrected chi connectivity index (χ0v) is 17.4. The number of hydrogen-bond acceptors (Lipinski definition) is 6. The van der Waals surface area contributed by atoms with Crippen LogP contribution in [0.25, 0.3) is 11.2 Å². The highest BCUT2D eigenvalue weighted by molar-refractivity contribution is 5.96. The van der Waals surface area contributed by atoms with Crippen LogP contribution in [0.15, 0.2) is 64.4 Å². The van der Waals surface area contributed by atoms with E-state index in [2.05, 4.69) is 10.3 Å². The van der Waals surface area contributed by atoms with Crippen LogP contribution in [-0.2, 0) is 25.4 Å². The molecule has 4 rings (SSSR count). The molecule has 2 aromatic carbocycles. The van der Waals surface area contributed by atoms with E-state index in [-0.39, 0.29) is 30.1 Å². The van der Waals surface area contributed by atoms with Crippen molar-refractivity contribution in [2.24, 2.45) is 14.1 Å². The highest BCUT2D eigenvalue weighted by Crippen LogP contribution is 2.22. The molecule has 0 atom stereocenters. The third-order valence-electron chi connectivity index (χ3n) is 5.05. The number of nitrogens with one attached hydrogen (secondary N) is 1. The fraction of sp³-hybridized carbons (Fsp3) is 0.182. The van der Waals surface area contributed by atoms with Crippen LogP contribution >= 0.6 is 0 Å². The third-order valence-corrected chi connectivity index (χ3v) is 5.05. The summed E-state index contributed by atoms with van der Waals surface area (Å²) in [6, 6.07) is 12.6. The van der Waals surface area contributed by atoms with Gasteiger partial charge < -0.3 is 14.6 Å². The number of carbonyl (C=O) groups excluding carboxylic acids is 1. The fourth-order valence-corrected chi connectivity index (χ4v) is 3.34. The van der Waals surface area contributed by atoms with E-state index in [0.29, 0.717) is 16.9 Å². The van der Waals surface area contributed by atoms with Gasteiger partial charge in [0.25, 0.3) is 5.56 Å². The number of anilines is 2. The van der Waals surface area contributed by atoms with Gasteiger partial charge in [-0.3, -0.25) is 13.9 Å². The maximum atomic E-state index is 13.1. The summed E-state index contributed by atoms with van der Waals surface area (Å²) in [5.41, 5.74) is 1.03. The number of aryl methyl sites for hydroxylation is 1. The maximum Gasteiger partial charge on any atom is 0.340 e. The van der Waals surface area contributed by atoms with Crippen molar-refractivity contribution in [1.82, 2.24) is 18.7 Å². The number of para-hydroxylation sites is 1. The van der Waals surface area contributed by atoms with E-state index in [9.17, 15) is 18.8 Å². The van der Waals surface area contributed by atoms with Crippen LogP contribution in [0.4, 0.5) is 15.8 Å². The van der Waals surface area contributed by atoms with Crippen molar-refractivity contribution in [3.63, 3.8) is 0 Å². The Kier molecular flexibility index (Phi) is 5.59. The van der Waals surface area contributed by atoms with E-state index in [0.717, 1.165) is 4.57 Å². The van der Waals surface area contributed by atoms with E-state index in [4.69, 9.17) is 4.74 Å². The van der Waals surface area contributed by atoms with Gasteiger partial charge in [-0.05, 0) is 36.4 Å². The Balaban J connectivity index is 1.49. The van der Waals surface area contributed by atoms with Crippen LogP contribution in [0.2, 0.25) is 0 Å². The number of rotatable bonds is 6. The Bertz CT molecular complexity index is 1420. The first-order valence-corrected chi connectivity index (χ1v) is 9.76. The van der Waals surface area contributed by atoms with Gasteiger partial charge in [-0.25, -0.2) is 19.0 Å². The molecule has 2 aromatic heterocycles. The van der Waals surface area contributed by atoms with Crippen LogP contribution in [-0.4, -0.2) is 31.3 Å². The number of benzene rings is 2. The van der Waals surface area contributed by atoms with Gasteiger partial charge in [-0.15, -0.1) is 0 Å². The molecule has 164 valence electrons. The first-order valence-electron chi connectivity index (χ1n) is 9.76. The van der Waals surface area contributed by atoms with Gasteiger partial charge in [0.05, 0.1) is 24.1 Å². The second-order valence-corrected chi connectivity index (χ2v) is 7.13. The summed E-state index contributed by atoms with van der Waals surface area (Å²) in [5.74, 6) is -0.912. The Morgan fingerprint density at radius 2 is 1.78 bits per heavy atom. The second kappa shape index (κ2) is 8.50. The predicted octanol–water partition coefficient (Wildman–Crippen LogP) is 2.17. The highest BCUT2D eigenvalue weighted by atomic mass is 19.1. The first-order chi connectivity index (χ1) is 15.4. The van der Waals surface area contributed by atoms with Crippen molar-refractivity contribution in [2.75, 3.05) is 11.9 Å². The van der Waals surface area contributed by atoms with E-state index < -0.39 is 17.2 Å². The molecular formula is C22H20FN5O4.